The van der Waals surface area contributed by atoms with Crippen molar-refractivity contribution in [1.82, 2.24) is 4.90 Å². The molecule has 1 aliphatic heterocycles. The van der Waals surface area contributed by atoms with Gasteiger partial charge in [-0.3, -0.25) is 4.79 Å². The summed E-state index contributed by atoms with van der Waals surface area (Å²) in [6.45, 7) is -0.0448. The van der Waals surface area contributed by atoms with E-state index in [1.807, 2.05) is 0 Å². The number of aliphatic hydroxyl groups excluding tert-OH is 1. The van der Waals surface area contributed by atoms with Crippen LogP contribution in [0.1, 0.15) is 25.7 Å². The molecular formula is C16H21NO5S. The van der Waals surface area contributed by atoms with E-state index < -0.39 is 32.7 Å². The number of β-amino-alcohol motifs (C(OH)–C–C–N with tert-alkyl or cyclic N) is 1. The number of rotatable bonds is 4. The lowest BCUT2D eigenvalue weighted by Gasteiger charge is -2.39. The highest BCUT2D eigenvalue weighted by atomic mass is 32.2. The van der Waals surface area contributed by atoms with Crippen molar-refractivity contribution in [2.45, 2.75) is 40.9 Å². The number of hydrogen-bond acceptors (Lipinski definition) is 5. The molecule has 0 bridgehead atoms. The summed E-state index contributed by atoms with van der Waals surface area (Å²) in [4.78, 5) is 14.4. The Morgan fingerprint density at radius 1 is 1.17 bits per heavy atom. The fourth-order valence-corrected chi connectivity index (χ4v) is 5.20. The van der Waals surface area contributed by atoms with Crippen molar-refractivity contribution in [3.63, 3.8) is 0 Å². The minimum atomic E-state index is -3.76. The van der Waals surface area contributed by atoms with Gasteiger partial charge >= 0.3 is 0 Å². The highest BCUT2D eigenvalue weighted by Crippen LogP contribution is 2.48. The van der Waals surface area contributed by atoms with E-state index in [4.69, 9.17) is 0 Å². The molecule has 1 saturated heterocycles. The lowest BCUT2D eigenvalue weighted by atomic mass is 9.93. The van der Waals surface area contributed by atoms with Crippen molar-refractivity contribution in [3.8, 4) is 0 Å². The number of piperidine rings is 1. The smallest absolute Gasteiger partial charge is 0.244 e. The van der Waals surface area contributed by atoms with E-state index in [9.17, 15) is 23.4 Å². The van der Waals surface area contributed by atoms with Crippen LogP contribution in [0.2, 0.25) is 0 Å². The Kier molecular flexibility index (Phi) is 3.98. The SMILES string of the molecule is O=C(N1CCC[C@](O)(CO)C1)C1(S(=O)(=O)c2ccccc2)CC1. The van der Waals surface area contributed by atoms with E-state index in [-0.39, 0.29) is 11.4 Å². The van der Waals surface area contributed by atoms with Crippen molar-refractivity contribution in [2.24, 2.45) is 0 Å². The molecule has 2 N–H and O–H groups in total. The molecule has 3 rings (SSSR count). The van der Waals surface area contributed by atoms with Crippen LogP contribution < -0.4 is 0 Å². The number of amides is 1. The van der Waals surface area contributed by atoms with E-state index >= 15 is 0 Å². The van der Waals surface area contributed by atoms with Crippen molar-refractivity contribution < 1.29 is 23.4 Å². The number of likely N-dealkylation sites (tertiary alicyclic amines) is 1. The molecule has 1 atom stereocenters. The Labute approximate surface area is 135 Å². The van der Waals surface area contributed by atoms with Gasteiger partial charge in [-0.15, -0.1) is 0 Å². The largest absolute Gasteiger partial charge is 0.393 e. The number of sulfone groups is 1. The zero-order chi connectivity index (χ0) is 16.7. The summed E-state index contributed by atoms with van der Waals surface area (Å²) in [6, 6.07) is 8.01. The van der Waals surface area contributed by atoms with Crippen LogP contribution in [-0.2, 0) is 14.6 Å². The van der Waals surface area contributed by atoms with Gasteiger partial charge in [0.15, 0.2) is 14.6 Å². The van der Waals surface area contributed by atoms with E-state index in [2.05, 4.69) is 0 Å². The van der Waals surface area contributed by atoms with Gasteiger partial charge in [0.1, 0.15) is 5.60 Å². The Hall–Kier alpha value is -1.44. The standard InChI is InChI=1S/C16H21NO5S/c18-12-15(20)7-4-10-17(11-15)14(19)16(8-9-16)23(21,22)13-5-2-1-3-6-13/h1-3,5-6,18,20H,4,7-12H2/t15-/m1/s1. The molecule has 0 aromatic heterocycles. The summed E-state index contributed by atoms with van der Waals surface area (Å²) in [6.07, 6.45) is 1.56. The van der Waals surface area contributed by atoms with Crippen molar-refractivity contribution in [2.75, 3.05) is 19.7 Å². The number of aliphatic hydroxyl groups is 2. The average Bonchev–Trinajstić information content (AvgIpc) is 3.37. The summed E-state index contributed by atoms with van der Waals surface area (Å²) < 4.78 is 24.3. The summed E-state index contributed by atoms with van der Waals surface area (Å²) in [5.74, 6) is -0.451. The minimum Gasteiger partial charge on any atom is -0.393 e. The molecule has 2 fully saturated rings. The molecule has 1 aromatic rings. The second-order valence-electron chi connectivity index (χ2n) is 6.52. The van der Waals surface area contributed by atoms with Gasteiger partial charge in [0.25, 0.3) is 0 Å². The molecule has 0 spiro atoms. The van der Waals surface area contributed by atoms with Gasteiger partial charge in [0, 0.05) is 6.54 Å². The normalized spacial score (nSPS) is 26.8. The summed E-state index contributed by atoms with van der Waals surface area (Å²) >= 11 is 0. The third-order valence-corrected chi connectivity index (χ3v) is 7.30. The molecule has 2 aliphatic rings. The van der Waals surface area contributed by atoms with Crippen LogP contribution in [0.25, 0.3) is 0 Å². The molecule has 0 radical (unpaired) electrons. The predicted octanol–water partition coefficient (Wildman–Crippen LogP) is 0.339. The van der Waals surface area contributed by atoms with Crippen LogP contribution in [0.3, 0.4) is 0 Å². The third kappa shape index (κ3) is 2.66. The lowest BCUT2D eigenvalue weighted by Crippen LogP contribution is -2.56. The maximum atomic E-state index is 12.9. The zero-order valence-corrected chi connectivity index (χ0v) is 13.6. The predicted molar refractivity (Wildman–Crippen MR) is 83.4 cm³/mol. The lowest BCUT2D eigenvalue weighted by molar-refractivity contribution is -0.141. The summed E-state index contributed by atoms with van der Waals surface area (Å²) in [5.41, 5.74) is -1.33. The fraction of sp³-hybridized carbons (Fsp3) is 0.562. The van der Waals surface area contributed by atoms with E-state index in [1.54, 1.807) is 18.2 Å². The quantitative estimate of drug-likeness (QED) is 0.825. The molecule has 1 saturated carbocycles. The summed E-state index contributed by atoms with van der Waals surface area (Å²) in [5, 5.41) is 19.5. The molecule has 1 heterocycles. The number of carbonyl (C=O) groups excluding carboxylic acids is 1. The van der Waals surface area contributed by atoms with Crippen LogP contribution in [0.4, 0.5) is 0 Å². The van der Waals surface area contributed by atoms with E-state index in [0.29, 0.717) is 32.2 Å². The van der Waals surface area contributed by atoms with Crippen LogP contribution in [0.15, 0.2) is 35.2 Å². The minimum absolute atomic E-state index is 0.0195. The highest BCUT2D eigenvalue weighted by Gasteiger charge is 2.62. The molecule has 6 nitrogen and oxygen atoms in total. The zero-order valence-electron chi connectivity index (χ0n) is 12.8. The van der Waals surface area contributed by atoms with Gasteiger partial charge in [-0.25, -0.2) is 8.42 Å². The second-order valence-corrected chi connectivity index (χ2v) is 8.78. The highest BCUT2D eigenvalue weighted by molar-refractivity contribution is 7.94. The number of carbonyl (C=O) groups is 1. The van der Waals surface area contributed by atoms with Crippen molar-refractivity contribution in [3.05, 3.63) is 30.3 Å². The topological polar surface area (TPSA) is 94.9 Å². The maximum absolute atomic E-state index is 12.9. The van der Waals surface area contributed by atoms with Gasteiger partial charge < -0.3 is 15.1 Å². The van der Waals surface area contributed by atoms with Gasteiger partial charge in [-0.2, -0.15) is 0 Å². The number of nitrogens with zero attached hydrogens (tertiary/aromatic N) is 1. The molecule has 1 aromatic carbocycles. The first-order valence-corrected chi connectivity index (χ1v) is 9.25. The van der Waals surface area contributed by atoms with Crippen molar-refractivity contribution >= 4 is 15.7 Å². The first kappa shape index (κ1) is 16.4. The summed E-state index contributed by atoms with van der Waals surface area (Å²) in [7, 11) is -3.76. The Bertz CT molecular complexity index is 698. The Morgan fingerprint density at radius 3 is 2.39 bits per heavy atom. The Morgan fingerprint density at radius 2 is 1.83 bits per heavy atom. The maximum Gasteiger partial charge on any atom is 0.244 e. The van der Waals surface area contributed by atoms with Gasteiger partial charge in [0.2, 0.25) is 5.91 Å². The molecule has 1 amide bonds. The van der Waals surface area contributed by atoms with Gasteiger partial charge in [-0.05, 0) is 37.8 Å². The first-order valence-electron chi connectivity index (χ1n) is 7.77. The van der Waals surface area contributed by atoms with E-state index in [0.717, 1.165) is 0 Å². The average molecular weight is 339 g/mol. The number of benzene rings is 1. The second kappa shape index (κ2) is 5.58. The molecule has 126 valence electrons. The van der Waals surface area contributed by atoms with Gasteiger partial charge in [-0.1, -0.05) is 18.2 Å². The molecule has 23 heavy (non-hydrogen) atoms. The van der Waals surface area contributed by atoms with Gasteiger partial charge in [0.05, 0.1) is 18.0 Å². The van der Waals surface area contributed by atoms with Crippen LogP contribution in [0, 0.1) is 0 Å². The molecule has 7 heteroatoms. The molecular weight excluding hydrogens is 318 g/mol. The van der Waals surface area contributed by atoms with Crippen LogP contribution in [0.5, 0.6) is 0 Å². The third-order valence-electron chi connectivity index (χ3n) is 4.80. The van der Waals surface area contributed by atoms with Crippen molar-refractivity contribution in [1.29, 1.82) is 0 Å². The number of hydrogen-bond donors (Lipinski definition) is 2. The molecule has 1 aliphatic carbocycles. The van der Waals surface area contributed by atoms with E-state index in [1.165, 1.54) is 17.0 Å². The first-order chi connectivity index (χ1) is 10.8. The molecule has 0 unspecified atom stereocenters. The Balaban J connectivity index is 1.87. The monoisotopic (exact) mass is 339 g/mol. The van der Waals surface area contributed by atoms with Crippen LogP contribution >= 0.6 is 0 Å². The van der Waals surface area contributed by atoms with Crippen LogP contribution in [-0.4, -0.2) is 59.5 Å². The fourth-order valence-electron chi connectivity index (χ4n) is 3.24.